The van der Waals surface area contributed by atoms with Gasteiger partial charge >= 0.3 is 0 Å². The quantitative estimate of drug-likeness (QED) is 0.826. The number of rotatable bonds is 6. The highest BCUT2D eigenvalue weighted by Crippen LogP contribution is 2.29. The summed E-state index contributed by atoms with van der Waals surface area (Å²) in [5.74, 6) is 1.15. The first-order chi connectivity index (χ1) is 12.5. The summed E-state index contributed by atoms with van der Waals surface area (Å²) in [5.41, 5.74) is 4.86. The van der Waals surface area contributed by atoms with Crippen LogP contribution < -0.4 is 5.32 Å². The van der Waals surface area contributed by atoms with Crippen LogP contribution in [0.15, 0.2) is 30.5 Å². The SMILES string of the molecule is CC(=O)Nc1ccc(CN2CCC[C@H](c3[nH]ncc3CC(C)C)C2)cc1. The van der Waals surface area contributed by atoms with Gasteiger partial charge in [0, 0.05) is 37.3 Å². The zero-order valence-corrected chi connectivity index (χ0v) is 16.1. The van der Waals surface area contributed by atoms with Crippen LogP contribution in [0.5, 0.6) is 0 Å². The summed E-state index contributed by atoms with van der Waals surface area (Å²) in [6.45, 7) is 9.21. The number of piperidine rings is 1. The van der Waals surface area contributed by atoms with E-state index in [0.29, 0.717) is 11.8 Å². The van der Waals surface area contributed by atoms with E-state index in [2.05, 4.69) is 46.4 Å². The molecule has 2 aromatic rings. The number of nitrogens with one attached hydrogen (secondary N) is 2. The molecular weight excluding hydrogens is 324 g/mol. The first-order valence-corrected chi connectivity index (χ1v) is 9.62. The van der Waals surface area contributed by atoms with E-state index in [0.717, 1.165) is 31.7 Å². The molecular formula is C21H30N4O. The number of carbonyl (C=O) groups excluding carboxylic acids is 1. The molecule has 0 saturated carbocycles. The molecule has 0 aliphatic carbocycles. The van der Waals surface area contributed by atoms with Gasteiger partial charge in [0.15, 0.2) is 0 Å². The number of H-pyrrole nitrogens is 1. The molecule has 0 radical (unpaired) electrons. The number of likely N-dealkylation sites (tertiary alicyclic amines) is 1. The van der Waals surface area contributed by atoms with E-state index in [-0.39, 0.29) is 5.91 Å². The molecule has 1 aliphatic rings. The first-order valence-electron chi connectivity index (χ1n) is 9.62. The van der Waals surface area contributed by atoms with E-state index in [4.69, 9.17) is 0 Å². The van der Waals surface area contributed by atoms with Crippen molar-refractivity contribution in [2.75, 3.05) is 18.4 Å². The number of aromatic amines is 1. The summed E-state index contributed by atoms with van der Waals surface area (Å²) in [5, 5.41) is 10.4. The van der Waals surface area contributed by atoms with E-state index >= 15 is 0 Å². The minimum atomic E-state index is -0.0339. The second-order valence-corrected chi connectivity index (χ2v) is 7.86. The normalized spacial score (nSPS) is 18.2. The number of hydrogen-bond donors (Lipinski definition) is 2. The lowest BCUT2D eigenvalue weighted by Crippen LogP contribution is -2.34. The number of amides is 1. The van der Waals surface area contributed by atoms with Crippen molar-refractivity contribution in [1.82, 2.24) is 15.1 Å². The van der Waals surface area contributed by atoms with Crippen molar-refractivity contribution in [1.29, 1.82) is 0 Å². The summed E-state index contributed by atoms with van der Waals surface area (Å²) in [7, 11) is 0. The highest BCUT2D eigenvalue weighted by Gasteiger charge is 2.24. The van der Waals surface area contributed by atoms with E-state index in [1.807, 2.05) is 18.3 Å². The van der Waals surface area contributed by atoms with Crippen LogP contribution in [0.2, 0.25) is 0 Å². The van der Waals surface area contributed by atoms with Gasteiger partial charge in [-0.25, -0.2) is 0 Å². The fourth-order valence-corrected chi connectivity index (χ4v) is 3.87. The molecule has 1 aromatic carbocycles. The standard InChI is InChI=1S/C21H30N4O/c1-15(2)11-19-12-22-24-21(19)18-5-4-10-25(14-18)13-17-6-8-20(9-7-17)23-16(3)26/h6-9,12,15,18H,4-5,10-11,13-14H2,1-3H3,(H,22,24)(H,23,26)/t18-/m0/s1. The van der Waals surface area contributed by atoms with Crippen LogP contribution in [-0.2, 0) is 17.8 Å². The molecule has 26 heavy (non-hydrogen) atoms. The van der Waals surface area contributed by atoms with Crippen molar-refractivity contribution in [2.24, 2.45) is 5.92 Å². The Labute approximate surface area is 156 Å². The summed E-state index contributed by atoms with van der Waals surface area (Å²) in [4.78, 5) is 13.7. The Morgan fingerprint density at radius 2 is 2.12 bits per heavy atom. The van der Waals surface area contributed by atoms with E-state index < -0.39 is 0 Å². The number of anilines is 1. The topological polar surface area (TPSA) is 61.0 Å². The van der Waals surface area contributed by atoms with Crippen LogP contribution >= 0.6 is 0 Å². The third-order valence-electron chi connectivity index (χ3n) is 4.97. The molecule has 0 bridgehead atoms. The van der Waals surface area contributed by atoms with Gasteiger partial charge in [-0.05, 0) is 55.0 Å². The number of hydrogen-bond acceptors (Lipinski definition) is 3. The molecule has 5 heteroatoms. The Balaban J connectivity index is 1.62. The molecule has 1 atom stereocenters. The maximum atomic E-state index is 11.1. The predicted octanol–water partition coefficient (Wildman–Crippen LogP) is 3.95. The summed E-state index contributed by atoms with van der Waals surface area (Å²) < 4.78 is 0. The minimum absolute atomic E-state index is 0.0339. The molecule has 0 spiro atoms. The Bertz CT molecular complexity index is 720. The molecule has 3 rings (SSSR count). The number of carbonyl (C=O) groups is 1. The van der Waals surface area contributed by atoms with Crippen LogP contribution in [0.1, 0.15) is 56.4 Å². The van der Waals surface area contributed by atoms with Crippen molar-refractivity contribution in [3.05, 3.63) is 47.3 Å². The van der Waals surface area contributed by atoms with Gasteiger partial charge in [-0.1, -0.05) is 26.0 Å². The predicted molar refractivity (Wildman–Crippen MR) is 105 cm³/mol. The molecule has 1 saturated heterocycles. The number of aromatic nitrogens is 2. The van der Waals surface area contributed by atoms with E-state index in [9.17, 15) is 4.79 Å². The fourth-order valence-electron chi connectivity index (χ4n) is 3.87. The highest BCUT2D eigenvalue weighted by molar-refractivity contribution is 5.88. The van der Waals surface area contributed by atoms with Gasteiger partial charge in [0.1, 0.15) is 0 Å². The largest absolute Gasteiger partial charge is 0.326 e. The van der Waals surface area contributed by atoms with Gasteiger partial charge in [0.05, 0.1) is 6.20 Å². The summed E-state index contributed by atoms with van der Waals surface area (Å²) >= 11 is 0. The average molecular weight is 354 g/mol. The first kappa shape index (κ1) is 18.6. The van der Waals surface area contributed by atoms with Gasteiger partial charge in [-0.2, -0.15) is 5.10 Å². The second-order valence-electron chi connectivity index (χ2n) is 7.86. The maximum Gasteiger partial charge on any atom is 0.221 e. The molecule has 0 unspecified atom stereocenters. The van der Waals surface area contributed by atoms with Crippen molar-refractivity contribution in [3.63, 3.8) is 0 Å². The maximum absolute atomic E-state index is 11.1. The molecule has 2 heterocycles. The van der Waals surface area contributed by atoms with Crippen LogP contribution in [0.4, 0.5) is 5.69 Å². The van der Waals surface area contributed by atoms with E-state index in [1.165, 1.54) is 36.6 Å². The lowest BCUT2D eigenvalue weighted by atomic mass is 9.90. The third-order valence-corrected chi connectivity index (χ3v) is 4.97. The lowest BCUT2D eigenvalue weighted by Gasteiger charge is -2.33. The van der Waals surface area contributed by atoms with Crippen LogP contribution in [0, 0.1) is 5.92 Å². The Kier molecular flexibility index (Phi) is 6.09. The smallest absolute Gasteiger partial charge is 0.221 e. The molecule has 1 amide bonds. The highest BCUT2D eigenvalue weighted by atomic mass is 16.1. The monoisotopic (exact) mass is 354 g/mol. The molecule has 1 fully saturated rings. The van der Waals surface area contributed by atoms with Gasteiger partial charge in [0.25, 0.3) is 0 Å². The molecule has 140 valence electrons. The fraction of sp³-hybridized carbons (Fsp3) is 0.524. The van der Waals surface area contributed by atoms with Gasteiger partial charge in [-0.3, -0.25) is 14.8 Å². The number of nitrogens with zero attached hydrogens (tertiary/aromatic N) is 2. The molecule has 1 aliphatic heterocycles. The van der Waals surface area contributed by atoms with Crippen molar-refractivity contribution < 1.29 is 4.79 Å². The Hall–Kier alpha value is -2.14. The Morgan fingerprint density at radius 1 is 1.35 bits per heavy atom. The summed E-state index contributed by atoms with van der Waals surface area (Å²) in [6, 6.07) is 8.17. The van der Waals surface area contributed by atoms with Crippen LogP contribution in [-0.4, -0.2) is 34.1 Å². The van der Waals surface area contributed by atoms with Gasteiger partial charge in [0.2, 0.25) is 5.91 Å². The van der Waals surface area contributed by atoms with Crippen molar-refractivity contribution in [2.45, 2.75) is 52.5 Å². The van der Waals surface area contributed by atoms with Gasteiger partial charge < -0.3 is 5.32 Å². The molecule has 1 aromatic heterocycles. The second kappa shape index (κ2) is 8.49. The lowest BCUT2D eigenvalue weighted by molar-refractivity contribution is -0.114. The Morgan fingerprint density at radius 3 is 2.81 bits per heavy atom. The average Bonchev–Trinajstić information content (AvgIpc) is 3.04. The van der Waals surface area contributed by atoms with E-state index in [1.54, 1.807) is 0 Å². The van der Waals surface area contributed by atoms with Crippen LogP contribution in [0.25, 0.3) is 0 Å². The minimum Gasteiger partial charge on any atom is -0.326 e. The molecule has 2 N–H and O–H groups in total. The van der Waals surface area contributed by atoms with Crippen LogP contribution in [0.3, 0.4) is 0 Å². The zero-order chi connectivity index (χ0) is 18.5. The van der Waals surface area contributed by atoms with Crippen molar-refractivity contribution in [3.8, 4) is 0 Å². The third kappa shape index (κ3) is 4.94. The summed E-state index contributed by atoms with van der Waals surface area (Å²) in [6.07, 6.45) is 5.54. The number of benzene rings is 1. The van der Waals surface area contributed by atoms with Gasteiger partial charge in [-0.15, -0.1) is 0 Å². The zero-order valence-electron chi connectivity index (χ0n) is 16.1. The molecule has 5 nitrogen and oxygen atoms in total. The van der Waals surface area contributed by atoms with Crippen molar-refractivity contribution >= 4 is 11.6 Å².